The van der Waals surface area contributed by atoms with Gasteiger partial charge in [0.1, 0.15) is 0 Å². The maximum absolute atomic E-state index is 6.63. The van der Waals surface area contributed by atoms with Crippen molar-refractivity contribution in [3.8, 4) is 0 Å². The minimum atomic E-state index is 0.0297. The second-order valence-corrected chi connectivity index (χ2v) is 5.84. The van der Waals surface area contributed by atoms with E-state index in [1.165, 1.54) is 25.0 Å². The van der Waals surface area contributed by atoms with Gasteiger partial charge in [0.25, 0.3) is 0 Å². The van der Waals surface area contributed by atoms with Crippen molar-refractivity contribution in [3.63, 3.8) is 0 Å². The van der Waals surface area contributed by atoms with Crippen LogP contribution in [0.5, 0.6) is 0 Å². The Morgan fingerprint density at radius 3 is 2.94 bits per heavy atom. The Hall–Kier alpha value is -0.830. The number of aromatic nitrogens is 2. The van der Waals surface area contributed by atoms with Crippen LogP contribution in [0.4, 0.5) is 0 Å². The van der Waals surface area contributed by atoms with Crippen molar-refractivity contribution in [2.75, 3.05) is 0 Å². The third-order valence-corrected chi connectivity index (χ3v) is 4.83. The normalized spacial score (nSPS) is 33.9. The van der Waals surface area contributed by atoms with E-state index in [4.69, 9.17) is 5.73 Å². The first kappa shape index (κ1) is 12.6. The number of nitrogens with two attached hydrogens (primary N) is 1. The number of nitrogens with zero attached hydrogens (tertiary/aromatic N) is 2. The highest BCUT2D eigenvalue weighted by molar-refractivity contribution is 5.04. The van der Waals surface area contributed by atoms with Crippen molar-refractivity contribution in [1.82, 2.24) is 9.78 Å². The summed E-state index contributed by atoms with van der Waals surface area (Å²) in [7, 11) is 2.01. The average molecular weight is 235 g/mol. The van der Waals surface area contributed by atoms with Crippen molar-refractivity contribution in [2.24, 2.45) is 24.6 Å². The monoisotopic (exact) mass is 235 g/mol. The smallest absolute Gasteiger partial charge is 0.0492 e. The molecule has 1 aliphatic carbocycles. The zero-order valence-electron chi connectivity index (χ0n) is 11.3. The minimum absolute atomic E-state index is 0.0297. The molecule has 3 heteroatoms. The predicted octanol–water partition coefficient (Wildman–Crippen LogP) is 2.51. The zero-order valence-corrected chi connectivity index (χ0v) is 11.3. The first-order valence-electron chi connectivity index (χ1n) is 6.79. The van der Waals surface area contributed by atoms with Crippen LogP contribution in [0, 0.1) is 11.8 Å². The lowest BCUT2D eigenvalue weighted by Gasteiger charge is -2.43. The van der Waals surface area contributed by atoms with Crippen LogP contribution in [0.1, 0.15) is 45.2 Å². The van der Waals surface area contributed by atoms with E-state index in [9.17, 15) is 0 Å². The van der Waals surface area contributed by atoms with Gasteiger partial charge in [0.2, 0.25) is 0 Å². The summed E-state index contributed by atoms with van der Waals surface area (Å²) in [5.74, 6) is 1.39. The summed E-state index contributed by atoms with van der Waals surface area (Å²) >= 11 is 0. The summed E-state index contributed by atoms with van der Waals surface area (Å²) in [5, 5.41) is 4.21. The highest BCUT2D eigenvalue weighted by atomic mass is 15.2. The van der Waals surface area contributed by atoms with Gasteiger partial charge in [-0.15, -0.1) is 0 Å². The molecule has 0 amide bonds. The molecule has 2 N–H and O–H groups in total. The van der Waals surface area contributed by atoms with Crippen molar-refractivity contribution < 1.29 is 0 Å². The van der Waals surface area contributed by atoms with Gasteiger partial charge in [-0.2, -0.15) is 5.10 Å². The minimum Gasteiger partial charge on any atom is -0.325 e. The molecule has 1 aromatic rings. The molecule has 1 aliphatic rings. The van der Waals surface area contributed by atoms with Crippen molar-refractivity contribution >= 4 is 0 Å². The molecule has 1 fully saturated rings. The Balaban J connectivity index is 1.99. The molecular formula is C14H25N3. The number of hydrogen-bond acceptors (Lipinski definition) is 2. The van der Waals surface area contributed by atoms with Gasteiger partial charge < -0.3 is 5.73 Å². The molecule has 0 radical (unpaired) electrons. The fourth-order valence-electron chi connectivity index (χ4n) is 3.16. The Bertz CT molecular complexity index is 371. The van der Waals surface area contributed by atoms with E-state index in [1.807, 2.05) is 17.9 Å². The van der Waals surface area contributed by atoms with Gasteiger partial charge in [-0.3, -0.25) is 4.68 Å². The van der Waals surface area contributed by atoms with Crippen LogP contribution < -0.4 is 5.73 Å². The molecular weight excluding hydrogens is 210 g/mol. The van der Waals surface area contributed by atoms with Crippen molar-refractivity contribution in [1.29, 1.82) is 0 Å². The van der Waals surface area contributed by atoms with Gasteiger partial charge in [0, 0.05) is 24.5 Å². The molecule has 0 bridgehead atoms. The van der Waals surface area contributed by atoms with Crippen molar-refractivity contribution in [2.45, 2.75) is 51.5 Å². The van der Waals surface area contributed by atoms with Gasteiger partial charge in [-0.25, -0.2) is 0 Å². The fraction of sp³-hybridized carbons (Fsp3) is 0.786. The van der Waals surface area contributed by atoms with Crippen LogP contribution >= 0.6 is 0 Å². The molecule has 0 spiro atoms. The fourth-order valence-corrected chi connectivity index (χ4v) is 3.16. The van der Waals surface area contributed by atoms with Crippen LogP contribution in [0.25, 0.3) is 0 Å². The maximum Gasteiger partial charge on any atom is 0.0492 e. The van der Waals surface area contributed by atoms with Crippen LogP contribution in [0.15, 0.2) is 12.3 Å². The van der Waals surface area contributed by atoms with Gasteiger partial charge in [-0.1, -0.05) is 26.7 Å². The third-order valence-electron chi connectivity index (χ3n) is 4.83. The Morgan fingerprint density at radius 2 is 2.29 bits per heavy atom. The molecule has 3 nitrogen and oxygen atoms in total. The van der Waals surface area contributed by atoms with E-state index < -0.39 is 0 Å². The van der Waals surface area contributed by atoms with E-state index >= 15 is 0 Å². The molecule has 3 atom stereocenters. The number of rotatable bonds is 3. The molecule has 1 heterocycles. The van der Waals surface area contributed by atoms with Gasteiger partial charge in [-0.05, 0) is 37.2 Å². The topological polar surface area (TPSA) is 43.8 Å². The van der Waals surface area contributed by atoms with E-state index in [0.29, 0.717) is 5.92 Å². The first-order chi connectivity index (χ1) is 8.03. The molecule has 1 aromatic heterocycles. The molecule has 96 valence electrons. The zero-order chi connectivity index (χ0) is 12.5. The van der Waals surface area contributed by atoms with Gasteiger partial charge >= 0.3 is 0 Å². The molecule has 1 saturated carbocycles. The summed E-state index contributed by atoms with van der Waals surface area (Å²) in [6.45, 7) is 4.67. The highest BCUT2D eigenvalue weighted by Gasteiger charge is 2.37. The first-order valence-corrected chi connectivity index (χ1v) is 6.79. The SMILES string of the molecule is CC1CCCC(N)(CCc2ccnn2C)C1C. The van der Waals surface area contributed by atoms with Crippen LogP contribution in [-0.4, -0.2) is 15.3 Å². The number of aryl methyl sites for hydroxylation is 2. The Labute approximate surface area is 104 Å². The maximum atomic E-state index is 6.63. The molecule has 0 aromatic carbocycles. The van der Waals surface area contributed by atoms with Gasteiger partial charge in [0.05, 0.1) is 0 Å². The molecule has 0 saturated heterocycles. The van der Waals surface area contributed by atoms with Crippen LogP contribution in [0.2, 0.25) is 0 Å². The lowest BCUT2D eigenvalue weighted by Crippen LogP contribution is -2.51. The standard InChI is InChI=1S/C14H25N3/c1-11-5-4-8-14(15,12(11)2)9-6-13-7-10-16-17(13)3/h7,10-12H,4-6,8-9,15H2,1-3H3. The van der Waals surface area contributed by atoms with Crippen LogP contribution in [-0.2, 0) is 13.5 Å². The van der Waals surface area contributed by atoms with Crippen molar-refractivity contribution in [3.05, 3.63) is 18.0 Å². The lowest BCUT2D eigenvalue weighted by molar-refractivity contribution is 0.134. The summed E-state index contributed by atoms with van der Waals surface area (Å²) in [6.07, 6.45) is 7.79. The summed E-state index contributed by atoms with van der Waals surface area (Å²) in [5.41, 5.74) is 7.95. The summed E-state index contributed by atoms with van der Waals surface area (Å²) in [4.78, 5) is 0. The average Bonchev–Trinajstić information content (AvgIpc) is 2.69. The summed E-state index contributed by atoms with van der Waals surface area (Å²) < 4.78 is 1.96. The molecule has 2 rings (SSSR count). The molecule has 17 heavy (non-hydrogen) atoms. The van der Waals surface area contributed by atoms with E-state index in [-0.39, 0.29) is 5.54 Å². The quantitative estimate of drug-likeness (QED) is 0.875. The predicted molar refractivity (Wildman–Crippen MR) is 70.6 cm³/mol. The highest BCUT2D eigenvalue weighted by Crippen LogP contribution is 2.38. The number of hydrogen-bond donors (Lipinski definition) is 1. The third kappa shape index (κ3) is 2.54. The van der Waals surface area contributed by atoms with E-state index in [0.717, 1.165) is 18.8 Å². The molecule has 0 aliphatic heterocycles. The van der Waals surface area contributed by atoms with Crippen LogP contribution in [0.3, 0.4) is 0 Å². The Morgan fingerprint density at radius 1 is 1.53 bits per heavy atom. The Kier molecular flexibility index (Phi) is 3.57. The second-order valence-electron chi connectivity index (χ2n) is 5.84. The van der Waals surface area contributed by atoms with Gasteiger partial charge in [0.15, 0.2) is 0 Å². The van der Waals surface area contributed by atoms with E-state index in [2.05, 4.69) is 25.0 Å². The molecule has 3 unspecified atom stereocenters. The summed E-state index contributed by atoms with van der Waals surface area (Å²) in [6, 6.07) is 2.10. The second kappa shape index (κ2) is 4.81. The lowest BCUT2D eigenvalue weighted by atomic mass is 9.67. The largest absolute Gasteiger partial charge is 0.325 e. The van der Waals surface area contributed by atoms with E-state index in [1.54, 1.807) is 0 Å².